The van der Waals surface area contributed by atoms with Crippen LogP contribution in [0.15, 0.2) is 0 Å². The molecule has 11 heteroatoms. The fourth-order valence-electron chi connectivity index (χ4n) is 1.78. The predicted molar refractivity (Wildman–Crippen MR) is 63.1 cm³/mol. The Morgan fingerprint density at radius 1 is 1.37 bits per heavy atom. The Bertz CT molecular complexity index is 565. The first-order valence-electron chi connectivity index (χ1n) is 5.31. The van der Waals surface area contributed by atoms with Gasteiger partial charge in [0.15, 0.2) is 0 Å². The molecule has 1 heterocycles. The lowest BCUT2D eigenvalue weighted by Gasteiger charge is -2.39. The Balaban J connectivity index is 2.05. The fourth-order valence-corrected chi connectivity index (χ4v) is 3.52. The summed E-state index contributed by atoms with van der Waals surface area (Å²) >= 11 is 0.332. The molecule has 0 amide bonds. The number of halogens is 3. The lowest BCUT2D eigenvalue weighted by atomic mass is 9.84. The zero-order valence-corrected chi connectivity index (χ0v) is 11.2. The van der Waals surface area contributed by atoms with Gasteiger partial charge in [0.05, 0.1) is 0 Å². The maximum atomic E-state index is 12.3. The second kappa shape index (κ2) is 4.56. The van der Waals surface area contributed by atoms with Crippen LogP contribution in [0.25, 0.3) is 0 Å². The fraction of sp³-hybridized carbons (Fsp3) is 0.750. The smallest absolute Gasteiger partial charge is 0.358 e. The van der Waals surface area contributed by atoms with Crippen molar-refractivity contribution < 1.29 is 21.6 Å². The second-order valence-electron chi connectivity index (χ2n) is 4.35. The van der Waals surface area contributed by atoms with Crippen LogP contribution in [0.2, 0.25) is 0 Å². The van der Waals surface area contributed by atoms with Crippen molar-refractivity contribution in [2.45, 2.75) is 30.2 Å². The molecule has 19 heavy (non-hydrogen) atoms. The third-order valence-electron chi connectivity index (χ3n) is 3.10. The lowest BCUT2D eigenvalue weighted by molar-refractivity contribution is -0.138. The molecule has 1 aromatic rings. The van der Waals surface area contributed by atoms with Crippen LogP contribution in [-0.2, 0) is 16.2 Å². The Hall–Kier alpha value is -0.940. The van der Waals surface area contributed by atoms with Crippen LogP contribution in [0.5, 0.6) is 0 Å². The minimum absolute atomic E-state index is 0.0572. The van der Waals surface area contributed by atoms with Crippen molar-refractivity contribution in [1.29, 1.82) is 0 Å². The summed E-state index contributed by atoms with van der Waals surface area (Å²) in [7, 11) is -3.75. The molecule has 0 saturated heterocycles. The highest BCUT2D eigenvalue weighted by atomic mass is 32.2. The van der Waals surface area contributed by atoms with Gasteiger partial charge in [-0.25, -0.2) is 13.6 Å². The van der Waals surface area contributed by atoms with Crippen molar-refractivity contribution >= 4 is 26.5 Å². The highest BCUT2D eigenvalue weighted by molar-refractivity contribution is 7.90. The molecule has 0 aromatic carbocycles. The van der Waals surface area contributed by atoms with Gasteiger partial charge < -0.3 is 5.32 Å². The molecule has 0 aliphatic heterocycles. The van der Waals surface area contributed by atoms with Crippen molar-refractivity contribution in [2.24, 2.45) is 5.14 Å². The summed E-state index contributed by atoms with van der Waals surface area (Å²) in [5.41, 5.74) is 0. The predicted octanol–water partition coefficient (Wildman–Crippen LogP) is 1.18. The van der Waals surface area contributed by atoms with Gasteiger partial charge >= 0.3 is 6.18 Å². The van der Waals surface area contributed by atoms with Crippen molar-refractivity contribution in [1.82, 2.24) is 10.2 Å². The highest BCUT2D eigenvalue weighted by Gasteiger charge is 2.47. The average molecular weight is 316 g/mol. The standard InChI is InChI=1S/C8H11F3N4O2S2/c9-8(10,11)5-14-15-6(18-5)13-4-7(2-1-3-7)19(12,16)17/h1-4H2,(H,13,15)(H2,12,16,17). The number of nitrogens with two attached hydrogens (primary N) is 1. The highest BCUT2D eigenvalue weighted by Crippen LogP contribution is 2.39. The maximum absolute atomic E-state index is 12.3. The molecule has 3 N–H and O–H groups in total. The number of primary sulfonamides is 1. The average Bonchev–Trinajstić information content (AvgIpc) is 2.61. The minimum atomic E-state index is -4.55. The van der Waals surface area contributed by atoms with E-state index in [-0.39, 0.29) is 11.7 Å². The number of hydrogen-bond donors (Lipinski definition) is 2. The molecule has 1 saturated carbocycles. The van der Waals surface area contributed by atoms with Gasteiger partial charge in [0.1, 0.15) is 4.75 Å². The topological polar surface area (TPSA) is 98.0 Å². The van der Waals surface area contributed by atoms with E-state index in [9.17, 15) is 21.6 Å². The summed E-state index contributed by atoms with van der Waals surface area (Å²) in [6.07, 6.45) is -3.04. The molecule has 0 bridgehead atoms. The first-order valence-corrected chi connectivity index (χ1v) is 7.67. The zero-order chi connectivity index (χ0) is 14.3. The van der Waals surface area contributed by atoms with Crippen LogP contribution in [0.1, 0.15) is 24.3 Å². The van der Waals surface area contributed by atoms with E-state index in [0.717, 1.165) is 6.42 Å². The van der Waals surface area contributed by atoms with E-state index < -0.39 is 26.0 Å². The Labute approximate surface area is 111 Å². The van der Waals surface area contributed by atoms with Crippen LogP contribution >= 0.6 is 11.3 Å². The third-order valence-corrected chi connectivity index (χ3v) is 5.78. The summed E-state index contributed by atoms with van der Waals surface area (Å²) in [5, 5.41) is 12.9. The largest absolute Gasteiger partial charge is 0.445 e. The van der Waals surface area contributed by atoms with Crippen molar-refractivity contribution in [3.8, 4) is 0 Å². The van der Waals surface area contributed by atoms with Gasteiger partial charge in [-0.15, -0.1) is 10.2 Å². The normalized spacial score (nSPS) is 18.9. The van der Waals surface area contributed by atoms with Gasteiger partial charge in [0, 0.05) is 6.54 Å². The Morgan fingerprint density at radius 2 is 2.00 bits per heavy atom. The summed E-state index contributed by atoms with van der Waals surface area (Å²) < 4.78 is 58.7. The van der Waals surface area contributed by atoms with E-state index in [4.69, 9.17) is 5.14 Å². The molecule has 1 fully saturated rings. The Morgan fingerprint density at radius 3 is 2.37 bits per heavy atom. The van der Waals surface area contributed by atoms with Crippen molar-refractivity contribution in [3.63, 3.8) is 0 Å². The zero-order valence-electron chi connectivity index (χ0n) is 9.57. The summed E-state index contributed by atoms with van der Waals surface area (Å²) in [5.74, 6) is 0. The van der Waals surface area contributed by atoms with Gasteiger partial charge in [0.25, 0.3) is 0 Å². The van der Waals surface area contributed by atoms with E-state index in [2.05, 4.69) is 15.5 Å². The molecule has 2 rings (SSSR count). The number of nitrogens with zero attached hydrogens (tertiary/aromatic N) is 2. The van der Waals surface area contributed by atoms with E-state index in [1.807, 2.05) is 0 Å². The number of hydrogen-bond acceptors (Lipinski definition) is 6. The first-order chi connectivity index (χ1) is 8.64. The molecule has 1 aliphatic carbocycles. The first kappa shape index (κ1) is 14.5. The molecule has 1 aromatic heterocycles. The second-order valence-corrected chi connectivity index (χ2v) is 7.28. The molecule has 6 nitrogen and oxygen atoms in total. The minimum Gasteiger partial charge on any atom is -0.358 e. The van der Waals surface area contributed by atoms with Crippen molar-refractivity contribution in [2.75, 3.05) is 11.9 Å². The molecular weight excluding hydrogens is 305 g/mol. The van der Waals surface area contributed by atoms with Crippen LogP contribution in [0, 0.1) is 0 Å². The van der Waals surface area contributed by atoms with E-state index in [0.29, 0.717) is 24.2 Å². The molecule has 0 radical (unpaired) electrons. The van der Waals surface area contributed by atoms with E-state index in [1.165, 1.54) is 0 Å². The summed E-state index contributed by atoms with van der Waals surface area (Å²) in [6, 6.07) is 0. The molecule has 1 aliphatic rings. The third kappa shape index (κ3) is 2.82. The number of rotatable bonds is 4. The SMILES string of the molecule is NS(=O)(=O)C1(CNc2nnc(C(F)(F)F)s2)CCC1. The van der Waals surface area contributed by atoms with E-state index >= 15 is 0 Å². The monoisotopic (exact) mass is 316 g/mol. The molecule has 108 valence electrons. The van der Waals surface area contributed by atoms with Crippen molar-refractivity contribution in [3.05, 3.63) is 5.01 Å². The van der Waals surface area contributed by atoms with Gasteiger partial charge in [-0.3, -0.25) is 0 Å². The molecular formula is C8H11F3N4O2S2. The number of aromatic nitrogens is 2. The van der Waals surface area contributed by atoms with Gasteiger partial charge in [-0.2, -0.15) is 13.2 Å². The molecule has 0 spiro atoms. The van der Waals surface area contributed by atoms with Crippen LogP contribution in [0.3, 0.4) is 0 Å². The molecule has 0 atom stereocenters. The number of sulfonamides is 1. The van der Waals surface area contributed by atoms with E-state index in [1.54, 1.807) is 0 Å². The molecule has 0 unspecified atom stereocenters. The number of alkyl halides is 3. The summed E-state index contributed by atoms with van der Waals surface area (Å²) in [4.78, 5) is 0. The number of anilines is 1. The maximum Gasteiger partial charge on any atom is 0.445 e. The van der Waals surface area contributed by atoms with Gasteiger partial charge in [-0.1, -0.05) is 17.8 Å². The van der Waals surface area contributed by atoms with Gasteiger partial charge in [0.2, 0.25) is 20.2 Å². The van der Waals surface area contributed by atoms with Crippen LogP contribution in [-0.4, -0.2) is 29.9 Å². The van der Waals surface area contributed by atoms with Crippen LogP contribution < -0.4 is 10.5 Å². The lowest BCUT2D eigenvalue weighted by Crippen LogP contribution is -2.53. The van der Waals surface area contributed by atoms with Crippen LogP contribution in [0.4, 0.5) is 18.3 Å². The summed E-state index contributed by atoms with van der Waals surface area (Å²) in [6.45, 7) is -0.0572. The quantitative estimate of drug-likeness (QED) is 0.869. The van der Waals surface area contributed by atoms with Gasteiger partial charge in [-0.05, 0) is 12.8 Å². The number of nitrogens with one attached hydrogen (secondary N) is 1. The Kier molecular flexibility index (Phi) is 3.47.